The summed E-state index contributed by atoms with van der Waals surface area (Å²) in [6.45, 7) is 0. The average Bonchev–Trinajstić information content (AvgIpc) is 3.55. The molecule has 0 saturated heterocycles. The summed E-state index contributed by atoms with van der Waals surface area (Å²) in [6, 6.07) is 23.7. The summed E-state index contributed by atoms with van der Waals surface area (Å²) in [5.41, 5.74) is 3.19. The Labute approximate surface area is 214 Å². The van der Waals surface area contributed by atoms with Crippen molar-refractivity contribution in [3.05, 3.63) is 117 Å². The zero-order chi connectivity index (χ0) is 23.9. The van der Waals surface area contributed by atoms with E-state index in [9.17, 15) is 4.79 Å². The van der Waals surface area contributed by atoms with Crippen LogP contribution in [0.4, 0.5) is 0 Å². The number of rotatable bonds is 4. The SMILES string of the molecule is O=C(Oc1ccc([C@H]2Oc3ccc(Cl)cc3[C@@H]3CC(c4ccco4)=NN23)cc1)c1ccc(Br)cc1. The number of halogens is 2. The summed E-state index contributed by atoms with van der Waals surface area (Å²) in [7, 11) is 0. The van der Waals surface area contributed by atoms with Gasteiger partial charge in [-0.25, -0.2) is 9.80 Å². The Kier molecular flexibility index (Phi) is 5.59. The van der Waals surface area contributed by atoms with E-state index in [2.05, 4.69) is 15.9 Å². The number of hydrazone groups is 1. The van der Waals surface area contributed by atoms with Gasteiger partial charge in [0.05, 0.1) is 17.9 Å². The number of hydrogen-bond acceptors (Lipinski definition) is 6. The first-order valence-electron chi connectivity index (χ1n) is 11.0. The Bertz CT molecular complexity index is 1420. The number of furan rings is 1. The fourth-order valence-electron chi connectivity index (χ4n) is 4.32. The summed E-state index contributed by atoms with van der Waals surface area (Å²) in [5.74, 6) is 1.53. The first-order valence-corrected chi connectivity index (χ1v) is 12.2. The summed E-state index contributed by atoms with van der Waals surface area (Å²) in [5, 5.41) is 7.45. The molecular formula is C27H18BrClN2O4. The smallest absolute Gasteiger partial charge is 0.343 e. The highest BCUT2D eigenvalue weighted by Gasteiger charge is 2.41. The molecule has 0 unspecified atom stereocenters. The maximum Gasteiger partial charge on any atom is 0.343 e. The van der Waals surface area contributed by atoms with Crippen LogP contribution in [0, 0.1) is 0 Å². The molecule has 6 rings (SSSR count). The van der Waals surface area contributed by atoms with Gasteiger partial charge in [-0.3, -0.25) is 0 Å². The molecule has 6 nitrogen and oxygen atoms in total. The monoisotopic (exact) mass is 548 g/mol. The second kappa shape index (κ2) is 8.91. The van der Waals surface area contributed by atoms with Gasteiger partial charge in [-0.1, -0.05) is 27.5 Å². The molecule has 0 spiro atoms. The number of carbonyl (C=O) groups is 1. The van der Waals surface area contributed by atoms with Crippen molar-refractivity contribution in [1.29, 1.82) is 0 Å². The molecule has 2 aliphatic heterocycles. The van der Waals surface area contributed by atoms with Crippen molar-refractivity contribution in [2.75, 3.05) is 0 Å². The van der Waals surface area contributed by atoms with E-state index in [0.29, 0.717) is 22.8 Å². The molecule has 3 aromatic carbocycles. The van der Waals surface area contributed by atoms with Crippen LogP contribution in [0.1, 0.15) is 45.9 Å². The van der Waals surface area contributed by atoms with Crippen LogP contribution in [0.5, 0.6) is 11.5 Å². The quantitative estimate of drug-likeness (QED) is 0.200. The van der Waals surface area contributed by atoms with E-state index < -0.39 is 12.2 Å². The molecule has 2 aliphatic rings. The predicted molar refractivity (Wildman–Crippen MR) is 135 cm³/mol. The third-order valence-electron chi connectivity index (χ3n) is 6.01. The molecule has 4 aromatic rings. The Hall–Kier alpha value is -3.55. The number of nitrogens with zero attached hydrogens (tertiary/aromatic N) is 2. The third kappa shape index (κ3) is 4.22. The maximum atomic E-state index is 12.5. The Morgan fingerprint density at radius 3 is 2.60 bits per heavy atom. The lowest BCUT2D eigenvalue weighted by atomic mass is 9.97. The molecule has 0 radical (unpaired) electrons. The maximum absolute atomic E-state index is 12.5. The van der Waals surface area contributed by atoms with Gasteiger partial charge in [-0.05, 0) is 78.9 Å². The summed E-state index contributed by atoms with van der Waals surface area (Å²) < 4.78 is 18.4. The van der Waals surface area contributed by atoms with E-state index in [1.54, 1.807) is 42.7 Å². The molecule has 0 bridgehead atoms. The molecule has 8 heteroatoms. The van der Waals surface area contributed by atoms with Crippen LogP contribution >= 0.6 is 27.5 Å². The third-order valence-corrected chi connectivity index (χ3v) is 6.78. The molecule has 174 valence electrons. The van der Waals surface area contributed by atoms with Crippen LogP contribution < -0.4 is 9.47 Å². The van der Waals surface area contributed by atoms with Crippen molar-refractivity contribution < 1.29 is 18.7 Å². The van der Waals surface area contributed by atoms with Crippen LogP contribution in [0.15, 0.2) is 99.1 Å². The van der Waals surface area contributed by atoms with E-state index in [1.165, 1.54) is 0 Å². The van der Waals surface area contributed by atoms with Crippen molar-refractivity contribution in [2.24, 2.45) is 5.10 Å². The fraction of sp³-hybridized carbons (Fsp3) is 0.111. The lowest BCUT2D eigenvalue weighted by Gasteiger charge is -2.38. The van der Waals surface area contributed by atoms with E-state index in [4.69, 9.17) is 30.6 Å². The van der Waals surface area contributed by atoms with E-state index >= 15 is 0 Å². The van der Waals surface area contributed by atoms with Crippen molar-refractivity contribution in [2.45, 2.75) is 18.7 Å². The Morgan fingerprint density at radius 1 is 1.06 bits per heavy atom. The van der Waals surface area contributed by atoms with Gasteiger partial charge in [0.15, 0.2) is 0 Å². The van der Waals surface area contributed by atoms with Crippen LogP contribution in [0.25, 0.3) is 0 Å². The van der Waals surface area contributed by atoms with Gasteiger partial charge in [-0.2, -0.15) is 5.10 Å². The summed E-state index contributed by atoms with van der Waals surface area (Å²) in [6.07, 6.45) is 1.85. The number of esters is 1. The highest BCUT2D eigenvalue weighted by atomic mass is 79.9. The van der Waals surface area contributed by atoms with Gasteiger partial charge in [-0.15, -0.1) is 0 Å². The van der Waals surface area contributed by atoms with E-state index in [0.717, 1.165) is 32.8 Å². The van der Waals surface area contributed by atoms with Crippen molar-refractivity contribution in [1.82, 2.24) is 5.01 Å². The average molecular weight is 550 g/mol. The minimum Gasteiger partial charge on any atom is -0.464 e. The first-order chi connectivity index (χ1) is 17.0. The Balaban J connectivity index is 1.28. The first kappa shape index (κ1) is 21.9. The van der Waals surface area contributed by atoms with Crippen LogP contribution in [0.2, 0.25) is 5.02 Å². The zero-order valence-corrected chi connectivity index (χ0v) is 20.6. The Morgan fingerprint density at radius 2 is 1.86 bits per heavy atom. The van der Waals surface area contributed by atoms with Crippen molar-refractivity contribution >= 4 is 39.2 Å². The number of fused-ring (bicyclic) bond motifs is 3. The summed E-state index contributed by atoms with van der Waals surface area (Å²) >= 11 is 9.66. The minimum atomic E-state index is -0.461. The number of benzene rings is 3. The van der Waals surface area contributed by atoms with Gasteiger partial charge in [0, 0.05) is 27.0 Å². The fourth-order valence-corrected chi connectivity index (χ4v) is 4.77. The number of carbonyl (C=O) groups excluding carboxylic acids is 1. The lowest BCUT2D eigenvalue weighted by Crippen LogP contribution is -2.33. The molecule has 3 heterocycles. The molecule has 0 aliphatic carbocycles. The second-order valence-corrected chi connectivity index (χ2v) is 9.59. The normalized spacial score (nSPS) is 18.3. The summed E-state index contributed by atoms with van der Waals surface area (Å²) in [4.78, 5) is 12.5. The number of ether oxygens (including phenoxy) is 2. The van der Waals surface area contributed by atoms with E-state index in [-0.39, 0.29) is 6.04 Å². The van der Waals surface area contributed by atoms with Gasteiger partial charge >= 0.3 is 5.97 Å². The molecule has 1 aromatic heterocycles. The zero-order valence-electron chi connectivity index (χ0n) is 18.2. The highest BCUT2D eigenvalue weighted by Crippen LogP contribution is 2.48. The molecule has 0 saturated carbocycles. The van der Waals surface area contributed by atoms with Crippen LogP contribution in [0.3, 0.4) is 0 Å². The van der Waals surface area contributed by atoms with Gasteiger partial charge in [0.1, 0.15) is 23.0 Å². The topological polar surface area (TPSA) is 64.3 Å². The number of hydrogen-bond donors (Lipinski definition) is 0. The standard InChI is InChI=1S/C27H18BrClN2O4/c28-18-7-3-17(4-8-18)27(32)34-20-10-5-16(6-11-20)26-31-23(15-22(30-31)25-2-1-13-33-25)21-14-19(29)9-12-24(21)35-26/h1-14,23,26H,15H2/t23-,26+/m0/s1. The molecule has 35 heavy (non-hydrogen) atoms. The van der Waals surface area contributed by atoms with Crippen molar-refractivity contribution in [3.8, 4) is 11.5 Å². The second-order valence-electron chi connectivity index (χ2n) is 8.24. The molecule has 0 amide bonds. The van der Waals surface area contributed by atoms with Crippen LogP contribution in [-0.2, 0) is 0 Å². The van der Waals surface area contributed by atoms with Gasteiger partial charge in [0.25, 0.3) is 0 Å². The predicted octanol–water partition coefficient (Wildman–Crippen LogP) is 7.16. The molecule has 0 fully saturated rings. The van der Waals surface area contributed by atoms with Gasteiger partial charge < -0.3 is 13.9 Å². The molecule has 0 N–H and O–H groups in total. The molecule has 2 atom stereocenters. The van der Waals surface area contributed by atoms with E-state index in [1.807, 2.05) is 47.5 Å². The van der Waals surface area contributed by atoms with Crippen LogP contribution in [-0.4, -0.2) is 16.7 Å². The lowest BCUT2D eigenvalue weighted by molar-refractivity contribution is -0.0190. The highest BCUT2D eigenvalue weighted by molar-refractivity contribution is 9.10. The largest absolute Gasteiger partial charge is 0.464 e. The van der Waals surface area contributed by atoms with Gasteiger partial charge in [0.2, 0.25) is 6.23 Å². The molecular weight excluding hydrogens is 532 g/mol. The van der Waals surface area contributed by atoms with Crippen molar-refractivity contribution in [3.63, 3.8) is 0 Å². The minimum absolute atomic E-state index is 0.0440.